The third-order valence-electron chi connectivity index (χ3n) is 5.77. The molecule has 0 bridgehead atoms. The third kappa shape index (κ3) is 4.42. The van der Waals surface area contributed by atoms with E-state index < -0.39 is 0 Å². The molecule has 1 fully saturated rings. The molecule has 0 aliphatic carbocycles. The molecule has 0 N–H and O–H groups in total. The standard InChI is InChI=1S/C24H30N4O3/c1-16(2)28-23-19(13-25-28)12-21(17(3)26-23)24(29)27(15-20-9-7-11-31-20)14-18-8-5-6-10-22(18)30-4/h5-6,8,10,12-13,16,20H,7,9,11,14-15H2,1-4H3. The van der Waals surface area contributed by atoms with Crippen LogP contribution in [0.15, 0.2) is 36.5 Å². The molecule has 1 aliphatic rings. The summed E-state index contributed by atoms with van der Waals surface area (Å²) in [6.45, 7) is 7.77. The molecule has 0 spiro atoms. The number of rotatable bonds is 7. The fraction of sp³-hybridized carbons (Fsp3) is 0.458. The van der Waals surface area contributed by atoms with E-state index >= 15 is 0 Å². The van der Waals surface area contributed by atoms with Gasteiger partial charge >= 0.3 is 0 Å². The Balaban J connectivity index is 1.68. The topological polar surface area (TPSA) is 69.5 Å². The van der Waals surface area contributed by atoms with Gasteiger partial charge < -0.3 is 14.4 Å². The van der Waals surface area contributed by atoms with Crippen LogP contribution in [0.3, 0.4) is 0 Å². The van der Waals surface area contributed by atoms with Gasteiger partial charge in [-0.05, 0) is 45.7 Å². The Kier molecular flexibility index (Phi) is 6.23. The number of nitrogens with zero attached hydrogens (tertiary/aromatic N) is 4. The fourth-order valence-electron chi connectivity index (χ4n) is 4.12. The molecule has 1 unspecified atom stereocenters. The SMILES string of the molecule is COc1ccccc1CN(CC1CCCO1)C(=O)c1cc2cnn(C(C)C)c2nc1C. The number of ether oxygens (including phenoxy) is 2. The summed E-state index contributed by atoms with van der Waals surface area (Å²) >= 11 is 0. The average molecular weight is 423 g/mol. The minimum atomic E-state index is -0.0504. The van der Waals surface area contributed by atoms with Gasteiger partial charge in [0.2, 0.25) is 0 Å². The molecule has 2 aromatic heterocycles. The van der Waals surface area contributed by atoms with Crippen molar-refractivity contribution in [2.75, 3.05) is 20.3 Å². The highest BCUT2D eigenvalue weighted by molar-refractivity contribution is 5.98. The number of aromatic nitrogens is 3. The van der Waals surface area contributed by atoms with E-state index in [-0.39, 0.29) is 18.1 Å². The van der Waals surface area contributed by atoms with E-state index in [1.807, 2.05) is 46.8 Å². The minimum Gasteiger partial charge on any atom is -0.496 e. The summed E-state index contributed by atoms with van der Waals surface area (Å²) in [5, 5.41) is 5.32. The second-order valence-electron chi connectivity index (χ2n) is 8.35. The van der Waals surface area contributed by atoms with Gasteiger partial charge in [0.25, 0.3) is 5.91 Å². The maximum absolute atomic E-state index is 13.7. The molecule has 3 aromatic rings. The molecule has 1 aromatic carbocycles. The number of benzene rings is 1. The minimum absolute atomic E-state index is 0.0504. The normalized spacial score (nSPS) is 16.2. The van der Waals surface area contributed by atoms with Crippen molar-refractivity contribution in [3.8, 4) is 5.75 Å². The van der Waals surface area contributed by atoms with Crippen molar-refractivity contribution in [2.45, 2.75) is 52.3 Å². The number of methoxy groups -OCH3 is 1. The highest BCUT2D eigenvalue weighted by atomic mass is 16.5. The molecule has 1 amide bonds. The van der Waals surface area contributed by atoms with E-state index in [0.29, 0.717) is 24.3 Å². The molecule has 4 rings (SSSR count). The Morgan fingerprint density at radius 2 is 2.16 bits per heavy atom. The molecular weight excluding hydrogens is 392 g/mol. The summed E-state index contributed by atoms with van der Waals surface area (Å²) in [6.07, 6.45) is 3.83. The summed E-state index contributed by atoms with van der Waals surface area (Å²) in [4.78, 5) is 20.3. The third-order valence-corrected chi connectivity index (χ3v) is 5.77. The van der Waals surface area contributed by atoms with Crippen LogP contribution in [0.25, 0.3) is 11.0 Å². The second kappa shape index (κ2) is 9.06. The molecule has 0 saturated carbocycles. The first-order valence-electron chi connectivity index (χ1n) is 10.9. The van der Waals surface area contributed by atoms with E-state index in [4.69, 9.17) is 14.5 Å². The van der Waals surface area contributed by atoms with Crippen molar-refractivity contribution in [2.24, 2.45) is 0 Å². The number of amides is 1. The fourth-order valence-corrected chi connectivity index (χ4v) is 4.12. The Bertz CT molecular complexity index is 1070. The number of hydrogen-bond acceptors (Lipinski definition) is 5. The smallest absolute Gasteiger partial charge is 0.256 e. The van der Waals surface area contributed by atoms with Crippen LogP contribution in [-0.4, -0.2) is 51.9 Å². The number of aryl methyl sites for hydroxylation is 1. The van der Waals surface area contributed by atoms with Crippen LogP contribution in [0.2, 0.25) is 0 Å². The van der Waals surface area contributed by atoms with Crippen molar-refractivity contribution in [3.63, 3.8) is 0 Å². The quantitative estimate of drug-likeness (QED) is 0.572. The summed E-state index contributed by atoms with van der Waals surface area (Å²) in [5.74, 6) is 0.724. The van der Waals surface area contributed by atoms with Gasteiger partial charge in [-0.2, -0.15) is 5.10 Å². The highest BCUT2D eigenvalue weighted by Crippen LogP contribution is 2.25. The average Bonchev–Trinajstić information content (AvgIpc) is 3.42. The molecular formula is C24H30N4O3. The zero-order chi connectivity index (χ0) is 22.0. The molecule has 1 saturated heterocycles. The van der Waals surface area contributed by atoms with E-state index in [1.54, 1.807) is 13.3 Å². The summed E-state index contributed by atoms with van der Waals surface area (Å²) < 4.78 is 13.2. The maximum Gasteiger partial charge on any atom is 0.256 e. The lowest BCUT2D eigenvalue weighted by molar-refractivity contribution is 0.0505. The van der Waals surface area contributed by atoms with Crippen molar-refractivity contribution < 1.29 is 14.3 Å². The summed E-state index contributed by atoms with van der Waals surface area (Å²) in [7, 11) is 1.65. The van der Waals surface area contributed by atoms with Crippen molar-refractivity contribution in [1.29, 1.82) is 0 Å². The van der Waals surface area contributed by atoms with Gasteiger partial charge in [0.05, 0.1) is 30.7 Å². The number of hydrogen-bond donors (Lipinski definition) is 0. The van der Waals surface area contributed by atoms with Gasteiger partial charge in [-0.1, -0.05) is 18.2 Å². The molecule has 7 nitrogen and oxygen atoms in total. The molecule has 3 heterocycles. The van der Waals surface area contributed by atoms with Crippen molar-refractivity contribution in [3.05, 3.63) is 53.3 Å². The van der Waals surface area contributed by atoms with Crippen LogP contribution >= 0.6 is 0 Å². The first-order valence-corrected chi connectivity index (χ1v) is 10.9. The van der Waals surface area contributed by atoms with Gasteiger partial charge in [-0.25, -0.2) is 9.67 Å². The van der Waals surface area contributed by atoms with Gasteiger partial charge in [-0.15, -0.1) is 0 Å². The van der Waals surface area contributed by atoms with E-state index in [0.717, 1.165) is 41.8 Å². The largest absolute Gasteiger partial charge is 0.496 e. The van der Waals surface area contributed by atoms with E-state index in [1.165, 1.54) is 0 Å². The zero-order valence-corrected chi connectivity index (χ0v) is 18.7. The monoisotopic (exact) mass is 422 g/mol. The van der Waals surface area contributed by atoms with Crippen LogP contribution in [0.5, 0.6) is 5.75 Å². The van der Waals surface area contributed by atoms with Crippen LogP contribution < -0.4 is 4.74 Å². The van der Waals surface area contributed by atoms with Crippen molar-refractivity contribution in [1.82, 2.24) is 19.7 Å². The number of para-hydroxylation sites is 1. The predicted octanol–water partition coefficient (Wildman–Crippen LogP) is 4.15. The lowest BCUT2D eigenvalue weighted by Crippen LogP contribution is -2.37. The van der Waals surface area contributed by atoms with Crippen molar-refractivity contribution >= 4 is 16.9 Å². The Morgan fingerprint density at radius 3 is 2.87 bits per heavy atom. The molecule has 1 aliphatic heterocycles. The Morgan fingerprint density at radius 1 is 1.35 bits per heavy atom. The first-order chi connectivity index (χ1) is 15.0. The van der Waals surface area contributed by atoms with E-state index in [2.05, 4.69) is 18.9 Å². The number of carbonyl (C=O) groups excluding carboxylic acids is 1. The van der Waals surface area contributed by atoms with Gasteiger partial charge in [0.1, 0.15) is 5.75 Å². The lowest BCUT2D eigenvalue weighted by atomic mass is 10.1. The Hall–Kier alpha value is -2.93. The molecule has 7 heteroatoms. The molecule has 31 heavy (non-hydrogen) atoms. The van der Waals surface area contributed by atoms with Crippen LogP contribution in [0.1, 0.15) is 54.3 Å². The molecule has 164 valence electrons. The summed E-state index contributed by atoms with van der Waals surface area (Å²) in [6, 6.07) is 9.93. The summed E-state index contributed by atoms with van der Waals surface area (Å²) in [5.41, 5.74) is 3.08. The number of carbonyl (C=O) groups is 1. The van der Waals surface area contributed by atoms with Gasteiger partial charge in [0, 0.05) is 36.7 Å². The Labute approximate surface area is 183 Å². The van der Waals surface area contributed by atoms with Crippen LogP contribution in [0.4, 0.5) is 0 Å². The zero-order valence-electron chi connectivity index (χ0n) is 18.7. The lowest BCUT2D eigenvalue weighted by Gasteiger charge is -2.27. The number of fused-ring (bicyclic) bond motifs is 1. The van der Waals surface area contributed by atoms with Gasteiger partial charge in [-0.3, -0.25) is 4.79 Å². The highest BCUT2D eigenvalue weighted by Gasteiger charge is 2.26. The molecule has 1 atom stereocenters. The van der Waals surface area contributed by atoms with Crippen LogP contribution in [0, 0.1) is 6.92 Å². The second-order valence-corrected chi connectivity index (χ2v) is 8.35. The predicted molar refractivity (Wildman–Crippen MR) is 119 cm³/mol. The first kappa shape index (κ1) is 21.3. The maximum atomic E-state index is 13.7. The van der Waals surface area contributed by atoms with Gasteiger partial charge in [0.15, 0.2) is 5.65 Å². The molecule has 0 radical (unpaired) electrons. The van der Waals surface area contributed by atoms with Crippen LogP contribution in [-0.2, 0) is 11.3 Å². The number of pyridine rings is 1. The van der Waals surface area contributed by atoms with E-state index in [9.17, 15) is 4.79 Å².